The van der Waals surface area contributed by atoms with E-state index < -0.39 is 0 Å². The molecule has 4 saturated heterocycles. The summed E-state index contributed by atoms with van der Waals surface area (Å²) in [6.07, 6.45) is 4.30. The second-order valence-electron chi connectivity index (χ2n) is 14.4. The smallest absolute Gasteiger partial charge is 0.319 e. The van der Waals surface area contributed by atoms with Crippen LogP contribution in [0, 0.1) is 0 Å². The Balaban J connectivity index is 1.06. The Morgan fingerprint density at radius 3 is 2.49 bits per heavy atom. The fourth-order valence-electron chi connectivity index (χ4n) is 8.33. The topological polar surface area (TPSA) is 101 Å². The predicted molar refractivity (Wildman–Crippen MR) is 193 cm³/mol. The number of fused-ring (bicyclic) bond motifs is 4. The molecular formula is C38H48N8O3. The summed E-state index contributed by atoms with van der Waals surface area (Å²) in [6, 6.07) is 19.2. The molecule has 3 atom stereocenters. The molecule has 0 unspecified atom stereocenters. The SMILES string of the molecule is CN1CCN(CCNC(=O)N2C[C@H]3CC[C@@H](C2)N3c2nc(OC[C@@H]3CCCN3C)nc3cc(-c4cc(O)cc5ccccc45)ccc23)CC1. The number of aromatic hydroxyl groups is 1. The number of carbonyl (C=O) groups excluding carboxylic acids is 1. The van der Waals surface area contributed by atoms with Crippen LogP contribution in [0.15, 0.2) is 54.6 Å². The van der Waals surface area contributed by atoms with E-state index in [1.165, 1.54) is 6.42 Å². The maximum absolute atomic E-state index is 13.3. The predicted octanol–water partition coefficient (Wildman–Crippen LogP) is 4.24. The molecule has 5 heterocycles. The van der Waals surface area contributed by atoms with Crippen LogP contribution in [0.2, 0.25) is 0 Å². The van der Waals surface area contributed by atoms with Crippen molar-refractivity contribution in [2.24, 2.45) is 0 Å². The first-order chi connectivity index (χ1) is 23.9. The number of nitrogens with zero attached hydrogens (tertiary/aromatic N) is 7. The van der Waals surface area contributed by atoms with Gasteiger partial charge in [-0.25, -0.2) is 4.79 Å². The van der Waals surface area contributed by atoms with Gasteiger partial charge in [-0.3, -0.25) is 4.90 Å². The van der Waals surface area contributed by atoms with Crippen LogP contribution in [0.5, 0.6) is 11.8 Å². The van der Waals surface area contributed by atoms with Gasteiger partial charge >= 0.3 is 12.0 Å². The summed E-state index contributed by atoms with van der Waals surface area (Å²) in [5.74, 6) is 1.12. The summed E-state index contributed by atoms with van der Waals surface area (Å²) in [4.78, 5) is 35.0. The number of likely N-dealkylation sites (N-methyl/N-ethyl adjacent to an activating group) is 2. The molecule has 2 bridgehead atoms. The van der Waals surface area contributed by atoms with Crippen molar-refractivity contribution in [3.63, 3.8) is 0 Å². The van der Waals surface area contributed by atoms with E-state index in [2.05, 4.69) is 63.3 Å². The molecule has 4 aliphatic heterocycles. The summed E-state index contributed by atoms with van der Waals surface area (Å²) in [5.41, 5.74) is 2.75. The lowest BCUT2D eigenvalue weighted by Crippen LogP contribution is -2.58. The van der Waals surface area contributed by atoms with Gasteiger partial charge in [0, 0.05) is 75.9 Å². The highest BCUT2D eigenvalue weighted by molar-refractivity contribution is 6.01. The Morgan fingerprint density at radius 2 is 1.71 bits per heavy atom. The number of ether oxygens (including phenoxy) is 1. The molecule has 258 valence electrons. The van der Waals surface area contributed by atoms with Crippen molar-refractivity contribution >= 4 is 33.5 Å². The number of likely N-dealkylation sites (tertiary alicyclic amines) is 2. The van der Waals surface area contributed by atoms with Crippen molar-refractivity contribution in [3.05, 3.63) is 54.6 Å². The normalized spacial score (nSPS) is 23.5. The molecule has 4 fully saturated rings. The van der Waals surface area contributed by atoms with Crippen LogP contribution < -0.4 is 15.0 Å². The largest absolute Gasteiger partial charge is 0.508 e. The minimum atomic E-state index is 0.0333. The Morgan fingerprint density at radius 1 is 0.918 bits per heavy atom. The van der Waals surface area contributed by atoms with E-state index in [0.29, 0.717) is 38.3 Å². The van der Waals surface area contributed by atoms with Gasteiger partial charge in [0.25, 0.3) is 0 Å². The van der Waals surface area contributed by atoms with Gasteiger partial charge in [0.05, 0.1) is 5.52 Å². The first-order valence-electron chi connectivity index (χ1n) is 18.0. The molecule has 8 rings (SSSR count). The van der Waals surface area contributed by atoms with E-state index in [1.807, 2.05) is 29.2 Å². The Bertz CT molecular complexity index is 1810. The number of hydrogen-bond acceptors (Lipinski definition) is 9. The van der Waals surface area contributed by atoms with Crippen LogP contribution in [0.4, 0.5) is 10.6 Å². The molecule has 0 radical (unpaired) electrons. The number of benzene rings is 3. The lowest BCUT2D eigenvalue weighted by atomic mass is 9.97. The molecule has 0 aliphatic carbocycles. The minimum Gasteiger partial charge on any atom is -0.508 e. The molecule has 11 heteroatoms. The summed E-state index contributed by atoms with van der Waals surface area (Å²) >= 11 is 0. The van der Waals surface area contributed by atoms with Gasteiger partial charge in [-0.2, -0.15) is 9.97 Å². The van der Waals surface area contributed by atoms with E-state index in [4.69, 9.17) is 14.7 Å². The van der Waals surface area contributed by atoms with E-state index >= 15 is 0 Å². The highest BCUT2D eigenvalue weighted by Crippen LogP contribution is 2.40. The molecule has 1 aromatic heterocycles. The van der Waals surface area contributed by atoms with Crippen LogP contribution in [0.1, 0.15) is 25.7 Å². The van der Waals surface area contributed by atoms with Crippen LogP contribution in [0.3, 0.4) is 0 Å². The zero-order valence-electron chi connectivity index (χ0n) is 28.7. The number of amides is 2. The maximum atomic E-state index is 13.3. The van der Waals surface area contributed by atoms with Gasteiger partial charge < -0.3 is 34.8 Å². The standard InChI is InChI=1S/C38H48N8O3/c1-42-16-18-44(19-17-42)15-13-39-38(48)45-23-28-10-11-29(24-45)46(28)36-33-12-9-27(34-22-31(47)20-26-6-3-4-8-32(26)34)21-35(33)40-37(41-36)49-25-30-7-5-14-43(30)2/h3-4,6,8-9,12,20-22,28-30,47H,5,7,10-11,13-19,23-25H2,1-2H3,(H,39,48)/t28-,29+,30-/m0/s1. The highest BCUT2D eigenvalue weighted by Gasteiger charge is 2.43. The molecule has 0 spiro atoms. The number of aromatic nitrogens is 2. The molecule has 2 N–H and O–H groups in total. The van der Waals surface area contributed by atoms with Crippen LogP contribution in [-0.2, 0) is 0 Å². The molecule has 49 heavy (non-hydrogen) atoms. The van der Waals surface area contributed by atoms with Crippen molar-refractivity contribution in [2.75, 3.05) is 84.5 Å². The second kappa shape index (κ2) is 13.6. The molecule has 0 saturated carbocycles. The summed E-state index contributed by atoms with van der Waals surface area (Å²) < 4.78 is 6.37. The fourth-order valence-corrected chi connectivity index (χ4v) is 8.33. The first kappa shape index (κ1) is 32.0. The van der Waals surface area contributed by atoms with E-state index in [0.717, 1.165) is 97.2 Å². The number of piperazine rings is 2. The summed E-state index contributed by atoms with van der Waals surface area (Å²) in [5, 5.41) is 16.8. The third-order valence-electron chi connectivity index (χ3n) is 11.2. The van der Waals surface area contributed by atoms with Crippen LogP contribution in [0.25, 0.3) is 32.8 Å². The number of nitrogens with one attached hydrogen (secondary N) is 1. The van der Waals surface area contributed by atoms with E-state index in [9.17, 15) is 9.90 Å². The lowest BCUT2D eigenvalue weighted by Gasteiger charge is -2.42. The van der Waals surface area contributed by atoms with Gasteiger partial charge in [0.15, 0.2) is 0 Å². The molecule has 11 nitrogen and oxygen atoms in total. The minimum absolute atomic E-state index is 0.0333. The third-order valence-corrected chi connectivity index (χ3v) is 11.2. The van der Waals surface area contributed by atoms with Gasteiger partial charge in [-0.05, 0) is 92.5 Å². The van der Waals surface area contributed by atoms with Gasteiger partial charge in [0.2, 0.25) is 0 Å². The average molecular weight is 665 g/mol. The highest BCUT2D eigenvalue weighted by atomic mass is 16.5. The van der Waals surface area contributed by atoms with Gasteiger partial charge in [-0.15, -0.1) is 0 Å². The van der Waals surface area contributed by atoms with Crippen molar-refractivity contribution in [1.29, 1.82) is 0 Å². The van der Waals surface area contributed by atoms with Crippen molar-refractivity contribution in [1.82, 2.24) is 34.9 Å². The quantitative estimate of drug-likeness (QED) is 0.287. The number of rotatable bonds is 8. The fraction of sp³-hybridized carbons (Fsp3) is 0.500. The maximum Gasteiger partial charge on any atom is 0.319 e. The van der Waals surface area contributed by atoms with Crippen LogP contribution in [-0.4, -0.2) is 138 Å². The number of hydrogen-bond donors (Lipinski definition) is 2. The Labute approximate surface area is 288 Å². The molecule has 3 aromatic carbocycles. The number of carbonyl (C=O) groups is 1. The second-order valence-corrected chi connectivity index (χ2v) is 14.4. The number of phenolic OH excluding ortho intramolecular Hbond substituents is 1. The first-order valence-corrected chi connectivity index (χ1v) is 18.0. The van der Waals surface area contributed by atoms with Crippen molar-refractivity contribution < 1.29 is 14.6 Å². The van der Waals surface area contributed by atoms with Crippen molar-refractivity contribution in [2.45, 2.75) is 43.8 Å². The lowest BCUT2D eigenvalue weighted by molar-refractivity contribution is 0.151. The number of anilines is 1. The van der Waals surface area contributed by atoms with E-state index in [-0.39, 0.29) is 23.9 Å². The third kappa shape index (κ3) is 6.59. The summed E-state index contributed by atoms with van der Waals surface area (Å²) in [6.45, 7) is 8.78. The molecule has 2 amide bonds. The van der Waals surface area contributed by atoms with Crippen LogP contribution >= 0.6 is 0 Å². The zero-order chi connectivity index (χ0) is 33.5. The van der Waals surface area contributed by atoms with E-state index in [1.54, 1.807) is 6.07 Å². The Kier molecular flexibility index (Phi) is 8.90. The number of urea groups is 1. The monoisotopic (exact) mass is 664 g/mol. The zero-order valence-corrected chi connectivity index (χ0v) is 28.7. The van der Waals surface area contributed by atoms with Gasteiger partial charge in [-0.1, -0.05) is 30.3 Å². The average Bonchev–Trinajstić information content (AvgIpc) is 3.64. The molecule has 4 aliphatic rings. The summed E-state index contributed by atoms with van der Waals surface area (Å²) in [7, 11) is 4.32. The van der Waals surface area contributed by atoms with Crippen molar-refractivity contribution in [3.8, 4) is 22.9 Å². The Hall–Kier alpha value is -4.19. The number of phenols is 1. The van der Waals surface area contributed by atoms with Gasteiger partial charge in [0.1, 0.15) is 18.2 Å². The molecular weight excluding hydrogens is 616 g/mol. The molecule has 4 aromatic rings.